The normalized spacial score (nSPS) is 11.5. The van der Waals surface area contributed by atoms with Crippen molar-refractivity contribution in [3.05, 3.63) is 41.2 Å². The van der Waals surface area contributed by atoms with Gasteiger partial charge in [-0.3, -0.25) is 14.4 Å². The summed E-state index contributed by atoms with van der Waals surface area (Å²) in [6, 6.07) is 3.77. The zero-order chi connectivity index (χ0) is 20.4. The Bertz CT molecular complexity index is 998. The number of aromatic nitrogens is 3. The van der Waals surface area contributed by atoms with Crippen molar-refractivity contribution < 1.29 is 13.6 Å². The fraction of sp³-hybridized carbons (Fsp3) is 0.421. The Morgan fingerprint density at radius 1 is 1.21 bits per heavy atom. The first-order valence-electron chi connectivity index (χ1n) is 9.06. The summed E-state index contributed by atoms with van der Waals surface area (Å²) >= 11 is 1.10. The van der Waals surface area contributed by atoms with Crippen molar-refractivity contribution in [1.82, 2.24) is 19.7 Å². The maximum atomic E-state index is 14.1. The molecule has 0 atom stereocenters. The summed E-state index contributed by atoms with van der Waals surface area (Å²) in [5.41, 5.74) is 1.27. The van der Waals surface area contributed by atoms with Crippen LogP contribution in [0.3, 0.4) is 0 Å². The lowest BCUT2D eigenvalue weighted by Gasteiger charge is -2.20. The van der Waals surface area contributed by atoms with Gasteiger partial charge in [0.1, 0.15) is 11.3 Å². The van der Waals surface area contributed by atoms with Crippen LogP contribution in [-0.2, 0) is 6.54 Å². The highest BCUT2D eigenvalue weighted by Gasteiger charge is 2.24. The molecule has 0 saturated carbocycles. The zero-order valence-electron chi connectivity index (χ0n) is 16.4. The number of thiazole rings is 1. The minimum atomic E-state index is -0.732. The van der Waals surface area contributed by atoms with Crippen LogP contribution in [0.1, 0.15) is 29.5 Å². The average molecular weight is 407 g/mol. The molecule has 28 heavy (non-hydrogen) atoms. The Kier molecular flexibility index (Phi) is 6.04. The molecule has 1 aromatic carbocycles. The maximum Gasteiger partial charge on any atom is 0.280 e. The Balaban J connectivity index is 1.98. The number of amides is 1. The highest BCUT2D eigenvalue weighted by molar-refractivity contribution is 7.22. The number of hydrogen-bond donors (Lipinski definition) is 0. The van der Waals surface area contributed by atoms with Gasteiger partial charge in [0, 0.05) is 24.8 Å². The topological polar surface area (TPSA) is 54.3 Å². The quantitative estimate of drug-likeness (QED) is 0.599. The van der Waals surface area contributed by atoms with Gasteiger partial charge in [-0.15, -0.1) is 0 Å². The van der Waals surface area contributed by atoms with E-state index in [1.54, 1.807) is 10.7 Å². The number of hydrogen-bond acceptors (Lipinski definition) is 5. The van der Waals surface area contributed by atoms with Gasteiger partial charge >= 0.3 is 0 Å². The maximum absolute atomic E-state index is 14.1. The summed E-state index contributed by atoms with van der Waals surface area (Å²) < 4.78 is 29.8. The monoisotopic (exact) mass is 407 g/mol. The van der Waals surface area contributed by atoms with Gasteiger partial charge in [0.25, 0.3) is 5.91 Å². The molecular weight excluding hydrogens is 384 g/mol. The van der Waals surface area contributed by atoms with E-state index in [0.29, 0.717) is 35.0 Å². The Hall–Kier alpha value is -2.39. The molecule has 2 heterocycles. The summed E-state index contributed by atoms with van der Waals surface area (Å²) in [7, 11) is 3.91. The molecular formula is C19H23F2N5OS. The smallest absolute Gasteiger partial charge is 0.280 e. The number of halogens is 2. The van der Waals surface area contributed by atoms with Crippen molar-refractivity contribution in [2.24, 2.45) is 0 Å². The molecule has 150 valence electrons. The van der Waals surface area contributed by atoms with Gasteiger partial charge in [-0.05, 0) is 53.0 Å². The van der Waals surface area contributed by atoms with Gasteiger partial charge in [0.05, 0.1) is 4.70 Å². The fourth-order valence-corrected chi connectivity index (χ4v) is 3.99. The molecule has 0 fully saturated rings. The van der Waals surface area contributed by atoms with E-state index in [0.717, 1.165) is 29.6 Å². The number of benzene rings is 1. The molecule has 3 aromatic rings. The van der Waals surface area contributed by atoms with Crippen LogP contribution >= 0.6 is 11.3 Å². The molecule has 0 radical (unpaired) electrons. The molecule has 3 rings (SSSR count). The molecule has 0 unspecified atom stereocenters. The number of carbonyl (C=O) groups excluding carboxylic acids is 1. The van der Waals surface area contributed by atoms with Gasteiger partial charge in [-0.1, -0.05) is 11.3 Å². The van der Waals surface area contributed by atoms with Crippen LogP contribution in [0.4, 0.5) is 13.9 Å². The Morgan fingerprint density at radius 3 is 2.61 bits per heavy atom. The minimum Gasteiger partial charge on any atom is -0.309 e. The highest BCUT2D eigenvalue weighted by atomic mass is 32.1. The second-order valence-corrected chi connectivity index (χ2v) is 7.84. The van der Waals surface area contributed by atoms with Crippen molar-refractivity contribution in [2.45, 2.75) is 26.8 Å². The summed E-state index contributed by atoms with van der Waals surface area (Å²) in [6.45, 7) is 5.68. The van der Waals surface area contributed by atoms with E-state index in [-0.39, 0.29) is 11.4 Å². The minimum absolute atomic E-state index is 0.0714. The molecule has 0 N–H and O–H groups in total. The highest BCUT2D eigenvalue weighted by Crippen LogP contribution is 2.32. The van der Waals surface area contributed by atoms with E-state index in [4.69, 9.17) is 0 Å². The van der Waals surface area contributed by atoms with Crippen LogP contribution in [0.25, 0.3) is 10.2 Å². The van der Waals surface area contributed by atoms with E-state index in [1.165, 1.54) is 11.0 Å². The third kappa shape index (κ3) is 4.20. The van der Waals surface area contributed by atoms with Gasteiger partial charge in [0.2, 0.25) is 0 Å². The van der Waals surface area contributed by atoms with Crippen LogP contribution in [0.5, 0.6) is 0 Å². The fourth-order valence-electron chi connectivity index (χ4n) is 2.96. The third-order valence-corrected chi connectivity index (χ3v) is 5.39. The number of fused-ring (bicyclic) bond motifs is 1. The van der Waals surface area contributed by atoms with Crippen LogP contribution in [-0.4, -0.2) is 52.8 Å². The van der Waals surface area contributed by atoms with Crippen LogP contribution in [0.2, 0.25) is 0 Å². The summed E-state index contributed by atoms with van der Waals surface area (Å²) in [6.07, 6.45) is 0.707. The van der Waals surface area contributed by atoms with Crippen LogP contribution < -0.4 is 4.90 Å². The zero-order valence-corrected chi connectivity index (χ0v) is 17.2. The lowest BCUT2D eigenvalue weighted by Crippen LogP contribution is -2.33. The summed E-state index contributed by atoms with van der Waals surface area (Å²) in [5, 5.41) is 4.70. The number of carbonyl (C=O) groups is 1. The largest absolute Gasteiger partial charge is 0.309 e. The first-order valence-corrected chi connectivity index (χ1v) is 9.88. The van der Waals surface area contributed by atoms with Crippen molar-refractivity contribution >= 4 is 32.6 Å². The second kappa shape index (κ2) is 8.32. The number of anilines is 1. The molecule has 0 saturated heterocycles. The van der Waals surface area contributed by atoms with Gasteiger partial charge in [-0.2, -0.15) is 5.10 Å². The lowest BCUT2D eigenvalue weighted by atomic mass is 10.3. The first kappa shape index (κ1) is 20.3. The van der Waals surface area contributed by atoms with Gasteiger partial charge in [0.15, 0.2) is 16.6 Å². The Morgan fingerprint density at radius 2 is 1.96 bits per heavy atom. The molecule has 0 spiro atoms. The van der Waals surface area contributed by atoms with Crippen LogP contribution in [0.15, 0.2) is 18.2 Å². The third-order valence-electron chi connectivity index (χ3n) is 4.36. The number of rotatable bonds is 7. The van der Waals surface area contributed by atoms with Crippen molar-refractivity contribution in [2.75, 3.05) is 32.1 Å². The molecule has 0 bridgehead atoms. The number of aryl methyl sites for hydroxylation is 2. The van der Waals surface area contributed by atoms with Crippen molar-refractivity contribution in [1.29, 1.82) is 0 Å². The predicted molar refractivity (Wildman–Crippen MR) is 107 cm³/mol. The summed E-state index contributed by atoms with van der Waals surface area (Å²) in [5.74, 6) is -1.69. The van der Waals surface area contributed by atoms with E-state index < -0.39 is 11.6 Å². The van der Waals surface area contributed by atoms with Gasteiger partial charge < -0.3 is 4.90 Å². The molecule has 0 aliphatic rings. The van der Waals surface area contributed by atoms with Crippen LogP contribution in [0, 0.1) is 18.6 Å². The van der Waals surface area contributed by atoms with Gasteiger partial charge in [-0.25, -0.2) is 13.8 Å². The Labute approximate surface area is 166 Å². The van der Waals surface area contributed by atoms with Crippen molar-refractivity contribution in [3.8, 4) is 0 Å². The molecule has 0 aliphatic heterocycles. The van der Waals surface area contributed by atoms with Crippen molar-refractivity contribution in [3.63, 3.8) is 0 Å². The molecule has 9 heteroatoms. The predicted octanol–water partition coefficient (Wildman–Crippen LogP) is 3.70. The molecule has 1 amide bonds. The molecule has 2 aromatic heterocycles. The summed E-state index contributed by atoms with van der Waals surface area (Å²) in [4.78, 5) is 21.0. The van der Waals surface area contributed by atoms with E-state index in [2.05, 4.69) is 10.1 Å². The van der Waals surface area contributed by atoms with E-state index in [9.17, 15) is 13.6 Å². The first-order chi connectivity index (χ1) is 13.3. The second-order valence-electron chi connectivity index (χ2n) is 6.83. The number of nitrogens with zero attached hydrogens (tertiary/aromatic N) is 5. The SMILES string of the molecule is CCn1nc(C(=O)N(CCCN(C)C)c2nc3c(F)cc(F)cc3s2)cc1C. The average Bonchev–Trinajstić information content (AvgIpc) is 3.21. The van der Waals surface area contributed by atoms with E-state index in [1.807, 2.05) is 32.8 Å². The van der Waals surface area contributed by atoms with E-state index >= 15 is 0 Å². The molecule has 6 nitrogen and oxygen atoms in total. The lowest BCUT2D eigenvalue weighted by molar-refractivity contribution is 0.0980. The standard InChI is InChI=1S/C19H23F2N5OS/c1-5-26-12(2)9-15(23-26)18(27)25(8-6-7-24(3)4)19-22-17-14(21)10-13(20)11-16(17)28-19/h9-11H,5-8H2,1-4H3. The molecule has 0 aliphatic carbocycles.